The zero-order valence-corrected chi connectivity index (χ0v) is 12.7. The molecule has 0 bridgehead atoms. The minimum absolute atomic E-state index is 0.122. The number of hydrogen-bond donors (Lipinski definition) is 2. The smallest absolute Gasteiger partial charge is 0.128 e. The van der Waals surface area contributed by atoms with E-state index in [2.05, 4.69) is 31.3 Å². The second-order valence-corrected chi connectivity index (χ2v) is 6.30. The fourth-order valence-corrected chi connectivity index (χ4v) is 3.50. The van der Waals surface area contributed by atoms with Gasteiger partial charge in [0.25, 0.3) is 0 Å². The Bertz CT molecular complexity index is 439. The fourth-order valence-electron chi connectivity index (χ4n) is 3.50. The van der Waals surface area contributed by atoms with Crippen LogP contribution in [-0.2, 0) is 0 Å². The van der Waals surface area contributed by atoms with Crippen molar-refractivity contribution in [2.75, 3.05) is 14.1 Å². The lowest BCUT2D eigenvalue weighted by atomic mass is 9.70. The average Bonchev–Trinajstić information content (AvgIpc) is 2.43. The van der Waals surface area contributed by atoms with Crippen LogP contribution in [0.15, 0.2) is 24.3 Å². The third-order valence-corrected chi connectivity index (χ3v) is 4.95. The summed E-state index contributed by atoms with van der Waals surface area (Å²) < 4.78 is 14.2. The first-order valence-electron chi connectivity index (χ1n) is 7.39. The molecular weight excluding hydrogens is 253 g/mol. The highest BCUT2D eigenvalue weighted by atomic mass is 19.1. The molecule has 2 rings (SSSR count). The molecule has 4 heteroatoms. The Kier molecular flexibility index (Phi) is 4.78. The van der Waals surface area contributed by atoms with E-state index in [0.717, 1.165) is 31.6 Å². The van der Waals surface area contributed by atoms with Crippen LogP contribution in [0, 0.1) is 11.7 Å². The number of nitrogens with two attached hydrogens (primary N) is 1. The molecule has 0 saturated heterocycles. The summed E-state index contributed by atoms with van der Waals surface area (Å²) in [6.07, 6.45) is 4.38. The first-order chi connectivity index (χ1) is 9.51. The van der Waals surface area contributed by atoms with Crippen molar-refractivity contribution in [3.63, 3.8) is 0 Å². The van der Waals surface area contributed by atoms with Crippen LogP contribution in [0.3, 0.4) is 0 Å². The molecule has 20 heavy (non-hydrogen) atoms. The van der Waals surface area contributed by atoms with Crippen LogP contribution in [0.4, 0.5) is 4.39 Å². The zero-order valence-electron chi connectivity index (χ0n) is 12.7. The Hall–Kier alpha value is -0.970. The van der Waals surface area contributed by atoms with Crippen LogP contribution in [0.1, 0.15) is 44.2 Å². The molecule has 0 heterocycles. The van der Waals surface area contributed by atoms with Gasteiger partial charge in [0.05, 0.1) is 6.04 Å². The summed E-state index contributed by atoms with van der Waals surface area (Å²) in [5, 5.41) is 0. The molecule has 0 amide bonds. The van der Waals surface area contributed by atoms with Gasteiger partial charge in [-0.3, -0.25) is 11.3 Å². The van der Waals surface area contributed by atoms with Gasteiger partial charge in [0, 0.05) is 11.1 Å². The number of hydrogen-bond acceptors (Lipinski definition) is 3. The second-order valence-electron chi connectivity index (χ2n) is 6.30. The molecule has 1 aliphatic carbocycles. The van der Waals surface area contributed by atoms with E-state index >= 15 is 0 Å². The Morgan fingerprint density at radius 1 is 1.30 bits per heavy atom. The van der Waals surface area contributed by atoms with Gasteiger partial charge < -0.3 is 4.90 Å². The molecule has 3 nitrogen and oxygen atoms in total. The summed E-state index contributed by atoms with van der Waals surface area (Å²) in [6, 6.07) is 6.75. The van der Waals surface area contributed by atoms with Gasteiger partial charge >= 0.3 is 0 Å². The van der Waals surface area contributed by atoms with Gasteiger partial charge in [-0.2, -0.15) is 0 Å². The largest absolute Gasteiger partial charge is 0.302 e. The van der Waals surface area contributed by atoms with E-state index in [1.165, 1.54) is 6.07 Å². The third kappa shape index (κ3) is 2.73. The molecule has 0 spiro atoms. The van der Waals surface area contributed by atoms with Gasteiger partial charge in [-0.05, 0) is 51.8 Å². The van der Waals surface area contributed by atoms with Gasteiger partial charge in [0.1, 0.15) is 5.82 Å². The number of rotatable bonds is 4. The maximum absolute atomic E-state index is 14.2. The molecule has 112 valence electrons. The van der Waals surface area contributed by atoms with E-state index in [0.29, 0.717) is 5.56 Å². The van der Waals surface area contributed by atoms with E-state index < -0.39 is 0 Å². The second kappa shape index (κ2) is 6.20. The van der Waals surface area contributed by atoms with Gasteiger partial charge in [0.15, 0.2) is 0 Å². The first kappa shape index (κ1) is 15.4. The number of nitrogens with one attached hydrogen (secondary N) is 1. The average molecular weight is 279 g/mol. The Morgan fingerprint density at radius 3 is 2.40 bits per heavy atom. The Labute approximate surface area is 121 Å². The number of nitrogens with zero attached hydrogens (tertiary/aromatic N) is 1. The van der Waals surface area contributed by atoms with Crippen LogP contribution in [0.25, 0.3) is 0 Å². The molecule has 0 aromatic heterocycles. The van der Waals surface area contributed by atoms with E-state index in [4.69, 9.17) is 5.84 Å². The zero-order chi connectivity index (χ0) is 14.8. The molecule has 1 fully saturated rings. The van der Waals surface area contributed by atoms with Gasteiger partial charge in [0.2, 0.25) is 0 Å². The molecule has 1 atom stereocenters. The SMILES string of the molecule is CC1CCC(C(NN)c2ccccc2F)(N(C)C)CC1. The standard InChI is InChI=1S/C16H26FN3/c1-12-8-10-16(11-9-12,20(2)3)15(19-18)13-6-4-5-7-14(13)17/h4-7,12,15,19H,8-11,18H2,1-3H3. The van der Waals surface area contributed by atoms with Gasteiger partial charge in [-0.15, -0.1) is 0 Å². The van der Waals surface area contributed by atoms with Crippen molar-refractivity contribution in [1.29, 1.82) is 0 Å². The van der Waals surface area contributed by atoms with Crippen molar-refractivity contribution in [2.24, 2.45) is 11.8 Å². The third-order valence-electron chi connectivity index (χ3n) is 4.95. The molecule has 1 aromatic carbocycles. The molecule has 0 radical (unpaired) electrons. The Balaban J connectivity index is 2.38. The summed E-state index contributed by atoms with van der Waals surface area (Å²) in [5.74, 6) is 6.37. The topological polar surface area (TPSA) is 41.3 Å². The number of halogens is 1. The minimum atomic E-state index is -0.189. The molecule has 1 aliphatic rings. The van der Waals surface area contributed by atoms with Crippen molar-refractivity contribution in [3.8, 4) is 0 Å². The maximum atomic E-state index is 14.2. The lowest BCUT2D eigenvalue weighted by Gasteiger charge is -2.49. The fraction of sp³-hybridized carbons (Fsp3) is 0.625. The van der Waals surface area contributed by atoms with Crippen molar-refractivity contribution < 1.29 is 4.39 Å². The van der Waals surface area contributed by atoms with E-state index in [-0.39, 0.29) is 17.4 Å². The summed E-state index contributed by atoms with van der Waals surface area (Å²) in [4.78, 5) is 2.22. The highest BCUT2D eigenvalue weighted by molar-refractivity contribution is 5.25. The van der Waals surface area contributed by atoms with E-state index in [1.807, 2.05) is 12.1 Å². The van der Waals surface area contributed by atoms with Crippen molar-refractivity contribution in [3.05, 3.63) is 35.6 Å². The number of hydrazine groups is 1. The van der Waals surface area contributed by atoms with Crippen molar-refractivity contribution >= 4 is 0 Å². The Morgan fingerprint density at radius 2 is 1.90 bits per heavy atom. The van der Waals surface area contributed by atoms with E-state index in [1.54, 1.807) is 6.07 Å². The quantitative estimate of drug-likeness (QED) is 0.658. The highest BCUT2D eigenvalue weighted by Crippen LogP contribution is 2.43. The van der Waals surface area contributed by atoms with Crippen LogP contribution in [-0.4, -0.2) is 24.5 Å². The first-order valence-corrected chi connectivity index (χ1v) is 7.39. The van der Waals surface area contributed by atoms with E-state index in [9.17, 15) is 4.39 Å². The van der Waals surface area contributed by atoms with Crippen LogP contribution < -0.4 is 11.3 Å². The number of benzene rings is 1. The van der Waals surface area contributed by atoms with Gasteiger partial charge in [-0.25, -0.2) is 4.39 Å². The molecular formula is C16H26FN3. The normalized spacial score (nSPS) is 28.6. The summed E-state index contributed by atoms with van der Waals surface area (Å²) in [6.45, 7) is 2.29. The molecule has 3 N–H and O–H groups in total. The lowest BCUT2D eigenvalue weighted by Crippen LogP contribution is -2.57. The van der Waals surface area contributed by atoms with Gasteiger partial charge in [-0.1, -0.05) is 25.1 Å². The van der Waals surface area contributed by atoms with Crippen LogP contribution in [0.2, 0.25) is 0 Å². The highest BCUT2D eigenvalue weighted by Gasteiger charge is 2.44. The van der Waals surface area contributed by atoms with Crippen LogP contribution >= 0.6 is 0 Å². The van der Waals surface area contributed by atoms with Crippen molar-refractivity contribution in [2.45, 2.75) is 44.2 Å². The predicted octanol–water partition coefficient (Wildman–Crippen LogP) is 2.84. The monoisotopic (exact) mass is 279 g/mol. The summed E-state index contributed by atoms with van der Waals surface area (Å²) in [5.41, 5.74) is 3.43. The summed E-state index contributed by atoms with van der Waals surface area (Å²) in [7, 11) is 4.14. The van der Waals surface area contributed by atoms with Crippen molar-refractivity contribution in [1.82, 2.24) is 10.3 Å². The summed E-state index contributed by atoms with van der Waals surface area (Å²) >= 11 is 0. The molecule has 1 saturated carbocycles. The number of likely N-dealkylation sites (N-methyl/N-ethyl adjacent to an activating group) is 1. The minimum Gasteiger partial charge on any atom is -0.302 e. The molecule has 1 unspecified atom stereocenters. The molecule has 1 aromatic rings. The predicted molar refractivity (Wildman–Crippen MR) is 80.5 cm³/mol. The molecule has 0 aliphatic heterocycles. The van der Waals surface area contributed by atoms with Crippen LogP contribution in [0.5, 0.6) is 0 Å². The lowest BCUT2D eigenvalue weighted by molar-refractivity contribution is 0.0416. The maximum Gasteiger partial charge on any atom is 0.128 e.